The molecule has 6 rings (SSSR count). The number of hydrogen-bond acceptors (Lipinski definition) is 6. The summed E-state index contributed by atoms with van der Waals surface area (Å²) in [6.45, 7) is 8.96. The molecule has 3 aliphatic rings. The van der Waals surface area contributed by atoms with Crippen molar-refractivity contribution in [3.05, 3.63) is 82.2 Å². The van der Waals surface area contributed by atoms with Crippen molar-refractivity contribution in [2.24, 2.45) is 0 Å². The van der Waals surface area contributed by atoms with Crippen LogP contribution in [0.2, 0.25) is 0 Å². The fraction of sp³-hybridized carbons (Fsp3) is 0.441. The summed E-state index contributed by atoms with van der Waals surface area (Å²) >= 11 is 1.78. The van der Waals surface area contributed by atoms with Gasteiger partial charge in [0.05, 0.1) is 6.61 Å². The van der Waals surface area contributed by atoms with Crippen LogP contribution in [0.1, 0.15) is 72.4 Å². The van der Waals surface area contributed by atoms with E-state index < -0.39 is 0 Å². The first kappa shape index (κ1) is 29.5. The molecule has 1 heterocycles. The van der Waals surface area contributed by atoms with Crippen LogP contribution in [0.25, 0.3) is 11.1 Å². The fourth-order valence-corrected chi connectivity index (χ4v) is 6.67. The first-order valence-corrected chi connectivity index (χ1v) is 15.8. The first-order valence-electron chi connectivity index (χ1n) is 14.6. The molecule has 2 aliphatic carbocycles. The summed E-state index contributed by atoms with van der Waals surface area (Å²) in [5.74, 6) is 2.30. The predicted octanol–water partition coefficient (Wildman–Crippen LogP) is 7.96. The third-order valence-corrected chi connectivity index (χ3v) is 9.02. The standard InChI is InChI=1S/C31H34FNO2S.C3H6O2/c1-19-16-25(34-24-14-15-33(18-24)36-3)17-20(2)30(19)26-10-12-28(32)31-27(26)11-13-29(31)35-23-8-6-22(7-9-23)21-4-5-21;1-2-5-3-4/h6-10,12,16-17,21,24,29H,4-5,11,13-15,18H2,1-3H3;3H,2H2,1H3. The van der Waals surface area contributed by atoms with Crippen molar-refractivity contribution in [1.29, 1.82) is 0 Å². The summed E-state index contributed by atoms with van der Waals surface area (Å²) in [6, 6.07) is 16.3. The van der Waals surface area contributed by atoms with Gasteiger partial charge < -0.3 is 14.2 Å². The number of ether oxygens (including phenoxy) is 3. The van der Waals surface area contributed by atoms with E-state index in [1.165, 1.54) is 35.1 Å². The summed E-state index contributed by atoms with van der Waals surface area (Å²) < 4.78 is 34.3. The monoisotopic (exact) mass is 577 g/mol. The quantitative estimate of drug-likeness (QED) is 0.190. The summed E-state index contributed by atoms with van der Waals surface area (Å²) in [4.78, 5) is 9.18. The zero-order valence-electron chi connectivity index (χ0n) is 24.5. The summed E-state index contributed by atoms with van der Waals surface area (Å²) in [5, 5.41) is 0. The van der Waals surface area contributed by atoms with Crippen molar-refractivity contribution in [2.75, 3.05) is 26.0 Å². The number of rotatable bonds is 9. The van der Waals surface area contributed by atoms with Gasteiger partial charge in [-0.1, -0.05) is 30.1 Å². The molecule has 0 aromatic heterocycles. The summed E-state index contributed by atoms with van der Waals surface area (Å²) in [6.07, 6.45) is 7.33. The molecule has 2 fully saturated rings. The Morgan fingerprint density at radius 2 is 1.71 bits per heavy atom. The molecule has 0 spiro atoms. The lowest BCUT2D eigenvalue weighted by Crippen LogP contribution is -2.20. The third-order valence-electron chi connectivity index (χ3n) is 8.17. The molecule has 3 aromatic rings. The molecule has 2 unspecified atom stereocenters. The van der Waals surface area contributed by atoms with Crippen molar-refractivity contribution in [2.45, 2.75) is 71.0 Å². The van der Waals surface area contributed by atoms with E-state index in [4.69, 9.17) is 9.47 Å². The van der Waals surface area contributed by atoms with E-state index in [0.29, 0.717) is 13.1 Å². The Balaban J connectivity index is 0.000000623. The smallest absolute Gasteiger partial charge is 0.293 e. The van der Waals surface area contributed by atoms with Gasteiger partial charge in [0.25, 0.3) is 6.47 Å². The molecule has 0 amide bonds. The van der Waals surface area contributed by atoms with Gasteiger partial charge in [-0.2, -0.15) is 0 Å². The van der Waals surface area contributed by atoms with Crippen LogP contribution in [0.5, 0.6) is 11.5 Å². The zero-order valence-corrected chi connectivity index (χ0v) is 25.3. The summed E-state index contributed by atoms with van der Waals surface area (Å²) in [7, 11) is 0. The minimum absolute atomic E-state index is 0.166. The van der Waals surface area contributed by atoms with Crippen LogP contribution in [0.15, 0.2) is 48.5 Å². The lowest BCUT2D eigenvalue weighted by molar-refractivity contribution is -0.128. The maximum absolute atomic E-state index is 15.2. The SMILES string of the molecule is CCOC=O.CSN1CCC(Oc2cc(C)c(-c3ccc(F)c4c3CCC4Oc3ccc(C4CC4)cc3)c(C)c2)C1. The lowest BCUT2D eigenvalue weighted by atomic mass is 9.90. The van der Waals surface area contributed by atoms with Crippen molar-refractivity contribution < 1.29 is 23.4 Å². The third kappa shape index (κ3) is 6.90. The Hall–Kier alpha value is -3.03. The second kappa shape index (κ2) is 13.3. The molecule has 218 valence electrons. The number of halogens is 1. The van der Waals surface area contributed by atoms with Crippen molar-refractivity contribution >= 4 is 18.4 Å². The Morgan fingerprint density at radius 1 is 0.976 bits per heavy atom. The van der Waals surface area contributed by atoms with Crippen LogP contribution in [-0.2, 0) is 16.0 Å². The minimum Gasteiger partial charge on any atom is -0.489 e. The molecule has 7 heteroatoms. The van der Waals surface area contributed by atoms with Gasteiger partial charge in [0, 0.05) is 18.7 Å². The number of carbonyl (C=O) groups excluding carboxylic acids is 1. The Kier molecular flexibility index (Phi) is 9.56. The Morgan fingerprint density at radius 3 is 2.29 bits per heavy atom. The van der Waals surface area contributed by atoms with Crippen molar-refractivity contribution in [3.63, 3.8) is 0 Å². The second-order valence-electron chi connectivity index (χ2n) is 11.1. The Bertz CT molecular complexity index is 1330. The molecule has 1 saturated heterocycles. The average Bonchev–Trinajstić information content (AvgIpc) is 3.57. The van der Waals surface area contributed by atoms with Gasteiger partial charge in [-0.25, -0.2) is 8.70 Å². The van der Waals surface area contributed by atoms with Crippen molar-refractivity contribution in [3.8, 4) is 22.6 Å². The lowest BCUT2D eigenvalue weighted by Gasteiger charge is -2.20. The van der Waals surface area contributed by atoms with Crippen LogP contribution in [0.3, 0.4) is 0 Å². The fourth-order valence-electron chi connectivity index (χ4n) is 6.06. The predicted molar refractivity (Wildman–Crippen MR) is 163 cm³/mol. The molecular formula is C34H40FNO4S. The number of benzene rings is 3. The number of carbonyl (C=O) groups is 1. The van der Waals surface area contributed by atoms with Crippen LogP contribution in [-0.4, -0.2) is 42.8 Å². The number of hydrogen-bond donors (Lipinski definition) is 0. The molecular weight excluding hydrogens is 537 g/mol. The van der Waals surface area contributed by atoms with Gasteiger partial charge in [0.15, 0.2) is 0 Å². The maximum Gasteiger partial charge on any atom is 0.293 e. The molecule has 0 radical (unpaired) electrons. The first-order chi connectivity index (χ1) is 19.9. The molecule has 5 nitrogen and oxygen atoms in total. The highest BCUT2D eigenvalue weighted by atomic mass is 32.2. The van der Waals surface area contributed by atoms with Gasteiger partial charge in [0.2, 0.25) is 0 Å². The molecule has 41 heavy (non-hydrogen) atoms. The number of nitrogens with zero attached hydrogens (tertiary/aromatic N) is 1. The minimum atomic E-state index is -0.253. The Labute approximate surface area is 247 Å². The zero-order chi connectivity index (χ0) is 28.9. The van der Waals surface area contributed by atoms with Crippen LogP contribution >= 0.6 is 11.9 Å². The molecule has 2 atom stereocenters. The second-order valence-corrected chi connectivity index (χ2v) is 11.9. The van der Waals surface area contributed by atoms with E-state index in [1.807, 2.05) is 18.2 Å². The highest BCUT2D eigenvalue weighted by Crippen LogP contribution is 2.45. The van der Waals surface area contributed by atoms with E-state index in [-0.39, 0.29) is 18.0 Å². The van der Waals surface area contributed by atoms with E-state index in [9.17, 15) is 4.79 Å². The van der Waals surface area contributed by atoms with Gasteiger partial charge in [0.1, 0.15) is 29.5 Å². The number of aryl methyl sites for hydroxylation is 2. The average molecular weight is 578 g/mol. The normalized spacial score (nSPS) is 19.7. The van der Waals surface area contributed by atoms with E-state index >= 15 is 4.39 Å². The molecule has 0 N–H and O–H groups in total. The highest BCUT2D eigenvalue weighted by Gasteiger charge is 2.31. The topological polar surface area (TPSA) is 48.0 Å². The highest BCUT2D eigenvalue weighted by molar-refractivity contribution is 7.96. The van der Waals surface area contributed by atoms with Crippen LogP contribution in [0.4, 0.5) is 4.39 Å². The maximum atomic E-state index is 15.2. The molecule has 0 bridgehead atoms. The molecule has 1 aliphatic heterocycles. The summed E-state index contributed by atoms with van der Waals surface area (Å²) in [5.41, 5.74) is 7.83. The van der Waals surface area contributed by atoms with E-state index in [2.05, 4.69) is 53.4 Å². The molecule has 1 saturated carbocycles. The van der Waals surface area contributed by atoms with Gasteiger partial charge in [-0.15, -0.1) is 0 Å². The number of fused-ring (bicyclic) bond motifs is 1. The van der Waals surface area contributed by atoms with E-state index in [0.717, 1.165) is 66.5 Å². The van der Waals surface area contributed by atoms with Crippen LogP contribution in [0, 0.1) is 19.7 Å². The van der Waals surface area contributed by atoms with E-state index in [1.54, 1.807) is 24.9 Å². The molecule has 3 aromatic carbocycles. The van der Waals surface area contributed by atoms with Gasteiger partial charge in [-0.05, 0) is 129 Å². The largest absolute Gasteiger partial charge is 0.489 e. The van der Waals surface area contributed by atoms with Crippen LogP contribution < -0.4 is 9.47 Å². The van der Waals surface area contributed by atoms with Gasteiger partial charge in [-0.3, -0.25) is 4.79 Å². The van der Waals surface area contributed by atoms with Crippen molar-refractivity contribution in [1.82, 2.24) is 4.31 Å². The van der Waals surface area contributed by atoms with Gasteiger partial charge >= 0.3 is 0 Å².